The number of aryl methyl sites for hydroxylation is 1. The minimum Gasteiger partial charge on any atom is -0.497 e. The maximum absolute atomic E-state index is 12.5. The van der Waals surface area contributed by atoms with Crippen LogP contribution in [0.25, 0.3) is 0 Å². The summed E-state index contributed by atoms with van der Waals surface area (Å²) in [6.45, 7) is 7.22. The Morgan fingerprint density at radius 3 is 2.46 bits per heavy atom. The fourth-order valence-corrected chi connectivity index (χ4v) is 3.62. The highest BCUT2D eigenvalue weighted by Gasteiger charge is 2.19. The molecule has 1 fully saturated rings. The van der Waals surface area contributed by atoms with Gasteiger partial charge < -0.3 is 19.9 Å². The topological polar surface area (TPSA) is 44.8 Å². The summed E-state index contributed by atoms with van der Waals surface area (Å²) in [6, 6.07) is 13.5. The molecule has 0 aliphatic carbocycles. The normalized spacial score (nSPS) is 14.8. The third-order valence-corrected chi connectivity index (χ3v) is 5.43. The van der Waals surface area contributed by atoms with E-state index in [0.717, 1.165) is 55.4 Å². The van der Waals surface area contributed by atoms with E-state index in [0.29, 0.717) is 17.9 Å². The summed E-state index contributed by atoms with van der Waals surface area (Å²) in [5.74, 6) is 0.812. The van der Waals surface area contributed by atoms with Gasteiger partial charge in [0.05, 0.1) is 18.5 Å². The maximum Gasteiger partial charge on any atom is 0.224 e. The summed E-state index contributed by atoms with van der Waals surface area (Å²) in [6.07, 6.45) is 1.10. The third kappa shape index (κ3) is 5.40. The molecule has 0 spiro atoms. The predicted molar refractivity (Wildman–Crippen MR) is 116 cm³/mol. The van der Waals surface area contributed by atoms with Crippen LogP contribution in [0.3, 0.4) is 0 Å². The van der Waals surface area contributed by atoms with Crippen molar-refractivity contribution in [2.45, 2.75) is 19.8 Å². The average Bonchev–Trinajstić information content (AvgIpc) is 2.73. The van der Waals surface area contributed by atoms with Crippen molar-refractivity contribution in [3.63, 3.8) is 0 Å². The minimum absolute atomic E-state index is 0.00784. The molecule has 0 bridgehead atoms. The Kier molecular flexibility index (Phi) is 7.18. The van der Waals surface area contributed by atoms with E-state index in [4.69, 9.17) is 16.3 Å². The number of halogens is 1. The first-order chi connectivity index (χ1) is 13.6. The molecule has 2 aromatic carbocycles. The molecule has 0 unspecified atom stereocenters. The van der Waals surface area contributed by atoms with Crippen LogP contribution in [0.15, 0.2) is 42.5 Å². The van der Waals surface area contributed by atoms with Crippen LogP contribution in [0.5, 0.6) is 5.75 Å². The number of rotatable bonds is 7. The highest BCUT2D eigenvalue weighted by atomic mass is 35.5. The molecule has 0 atom stereocenters. The van der Waals surface area contributed by atoms with Crippen molar-refractivity contribution in [1.82, 2.24) is 4.90 Å². The lowest BCUT2D eigenvalue weighted by Crippen LogP contribution is -2.46. The van der Waals surface area contributed by atoms with Gasteiger partial charge in [0, 0.05) is 37.6 Å². The molecule has 1 aliphatic heterocycles. The number of hydrogen-bond acceptors (Lipinski definition) is 4. The van der Waals surface area contributed by atoms with E-state index in [1.807, 2.05) is 42.5 Å². The van der Waals surface area contributed by atoms with E-state index in [2.05, 4.69) is 22.0 Å². The lowest BCUT2D eigenvalue weighted by molar-refractivity contribution is -0.116. The number of methoxy groups -OCH3 is 1. The predicted octanol–water partition coefficient (Wildman–Crippen LogP) is 4.06. The maximum atomic E-state index is 12.5. The van der Waals surface area contributed by atoms with Gasteiger partial charge in [-0.3, -0.25) is 4.79 Å². The van der Waals surface area contributed by atoms with E-state index < -0.39 is 0 Å². The second-order valence-electron chi connectivity index (χ2n) is 6.98. The Labute approximate surface area is 172 Å². The second-order valence-corrected chi connectivity index (χ2v) is 7.42. The smallest absolute Gasteiger partial charge is 0.224 e. The molecule has 1 aliphatic rings. The molecule has 2 aromatic rings. The number of ether oxygens (including phenoxy) is 1. The van der Waals surface area contributed by atoms with Crippen molar-refractivity contribution in [2.75, 3.05) is 50.1 Å². The van der Waals surface area contributed by atoms with Crippen molar-refractivity contribution in [2.24, 2.45) is 0 Å². The first kappa shape index (κ1) is 20.5. The number of carbonyl (C=O) groups is 1. The average molecular weight is 402 g/mol. The lowest BCUT2D eigenvalue weighted by atomic mass is 10.1. The van der Waals surface area contributed by atoms with E-state index in [-0.39, 0.29) is 5.91 Å². The molecule has 0 aromatic heterocycles. The highest BCUT2D eigenvalue weighted by Crippen LogP contribution is 2.30. The molecule has 6 heteroatoms. The number of likely N-dealkylation sites (N-methyl/N-ethyl adjacent to an activating group) is 1. The summed E-state index contributed by atoms with van der Waals surface area (Å²) in [7, 11) is 1.65. The molecule has 1 heterocycles. The number of carbonyl (C=O) groups excluding carboxylic acids is 1. The van der Waals surface area contributed by atoms with Crippen LogP contribution in [-0.4, -0.2) is 50.6 Å². The van der Waals surface area contributed by atoms with Gasteiger partial charge in [-0.15, -0.1) is 0 Å². The summed E-state index contributed by atoms with van der Waals surface area (Å²) < 4.78 is 5.17. The Hall–Kier alpha value is -2.24. The molecule has 0 radical (unpaired) electrons. The third-order valence-electron chi connectivity index (χ3n) is 5.19. The van der Waals surface area contributed by atoms with Gasteiger partial charge in [-0.05, 0) is 48.9 Å². The van der Waals surface area contributed by atoms with Crippen molar-refractivity contribution >= 4 is 28.9 Å². The molecule has 1 saturated heterocycles. The summed E-state index contributed by atoms with van der Waals surface area (Å²) in [4.78, 5) is 17.3. The molecule has 3 rings (SSSR count). The van der Waals surface area contributed by atoms with Gasteiger partial charge in [0.1, 0.15) is 5.75 Å². The van der Waals surface area contributed by atoms with Gasteiger partial charge in [0.15, 0.2) is 0 Å². The first-order valence-corrected chi connectivity index (χ1v) is 10.2. The number of nitrogens with zero attached hydrogens (tertiary/aromatic N) is 2. The minimum atomic E-state index is -0.00784. The van der Waals surface area contributed by atoms with Crippen LogP contribution >= 0.6 is 11.6 Å². The number of hydrogen-bond donors (Lipinski definition) is 1. The Balaban J connectivity index is 1.62. The molecule has 0 saturated carbocycles. The van der Waals surface area contributed by atoms with Crippen molar-refractivity contribution in [3.8, 4) is 5.75 Å². The monoisotopic (exact) mass is 401 g/mol. The zero-order chi connectivity index (χ0) is 19.9. The molecular formula is C22H28ClN3O2. The van der Waals surface area contributed by atoms with Crippen LogP contribution in [0, 0.1) is 0 Å². The molecule has 150 valence electrons. The van der Waals surface area contributed by atoms with Crippen molar-refractivity contribution < 1.29 is 9.53 Å². The highest BCUT2D eigenvalue weighted by molar-refractivity contribution is 6.31. The molecule has 1 N–H and O–H groups in total. The van der Waals surface area contributed by atoms with Gasteiger partial charge in [0.2, 0.25) is 5.91 Å². The van der Waals surface area contributed by atoms with Crippen LogP contribution in [0.1, 0.15) is 18.9 Å². The summed E-state index contributed by atoms with van der Waals surface area (Å²) >= 11 is 6.20. The first-order valence-electron chi connectivity index (χ1n) is 9.78. The molecule has 1 amide bonds. The van der Waals surface area contributed by atoms with Gasteiger partial charge in [-0.2, -0.15) is 0 Å². The Morgan fingerprint density at radius 1 is 1.11 bits per heavy atom. The Morgan fingerprint density at radius 2 is 1.82 bits per heavy atom. The Bertz CT molecular complexity index is 787. The molecule has 5 nitrogen and oxygen atoms in total. The zero-order valence-corrected chi connectivity index (χ0v) is 17.3. The van der Waals surface area contributed by atoms with Gasteiger partial charge in [0.25, 0.3) is 0 Å². The second kappa shape index (κ2) is 9.80. The molecule has 28 heavy (non-hydrogen) atoms. The zero-order valence-electron chi connectivity index (χ0n) is 16.6. The van der Waals surface area contributed by atoms with E-state index in [1.165, 1.54) is 0 Å². The van der Waals surface area contributed by atoms with E-state index >= 15 is 0 Å². The van der Waals surface area contributed by atoms with Crippen LogP contribution in [-0.2, 0) is 11.2 Å². The fraction of sp³-hybridized carbons (Fsp3) is 0.409. The van der Waals surface area contributed by atoms with E-state index in [9.17, 15) is 4.79 Å². The number of amides is 1. The lowest BCUT2D eigenvalue weighted by Gasteiger charge is -2.36. The fourth-order valence-electron chi connectivity index (χ4n) is 3.45. The van der Waals surface area contributed by atoms with Gasteiger partial charge in [-0.1, -0.05) is 30.7 Å². The SMILES string of the molecule is CCN1CCN(c2ccc(Cl)cc2NC(=O)CCc2ccc(OC)cc2)CC1. The van der Waals surface area contributed by atoms with Gasteiger partial charge >= 0.3 is 0 Å². The van der Waals surface area contributed by atoms with Crippen LogP contribution in [0.4, 0.5) is 11.4 Å². The number of nitrogens with one attached hydrogen (secondary N) is 1. The number of piperazine rings is 1. The standard InChI is InChI=1S/C22H28ClN3O2/c1-3-25-12-14-26(15-13-25)21-10-7-18(23)16-20(21)24-22(27)11-6-17-4-8-19(28-2)9-5-17/h4-5,7-10,16H,3,6,11-15H2,1-2H3,(H,24,27). The van der Waals surface area contributed by atoms with Crippen molar-refractivity contribution in [1.29, 1.82) is 0 Å². The summed E-state index contributed by atoms with van der Waals surface area (Å²) in [5, 5.41) is 3.69. The quantitative estimate of drug-likeness (QED) is 0.759. The largest absolute Gasteiger partial charge is 0.497 e. The van der Waals surface area contributed by atoms with Gasteiger partial charge in [-0.25, -0.2) is 0 Å². The van der Waals surface area contributed by atoms with Crippen LogP contribution < -0.4 is 15.0 Å². The van der Waals surface area contributed by atoms with E-state index in [1.54, 1.807) is 7.11 Å². The number of benzene rings is 2. The van der Waals surface area contributed by atoms with Crippen LogP contribution in [0.2, 0.25) is 5.02 Å². The molecular weight excluding hydrogens is 374 g/mol. The van der Waals surface area contributed by atoms with Crippen molar-refractivity contribution in [3.05, 3.63) is 53.1 Å². The summed E-state index contributed by atoms with van der Waals surface area (Å²) in [5.41, 5.74) is 2.94. The number of anilines is 2.